The highest BCUT2D eigenvalue weighted by Crippen LogP contribution is 2.42. The Labute approximate surface area is 142 Å². The molecular weight excluding hydrogens is 304 g/mol. The van der Waals surface area contributed by atoms with Gasteiger partial charge in [0, 0.05) is 36.8 Å². The Balaban J connectivity index is 1.36. The van der Waals surface area contributed by atoms with Gasteiger partial charge in [0.25, 0.3) is 0 Å². The summed E-state index contributed by atoms with van der Waals surface area (Å²) in [6.07, 6.45) is 3.65. The summed E-state index contributed by atoms with van der Waals surface area (Å²) in [6, 6.07) is 8.10. The van der Waals surface area contributed by atoms with Crippen LogP contribution < -0.4 is 0 Å². The van der Waals surface area contributed by atoms with Crippen LogP contribution in [-0.2, 0) is 22.6 Å². The topological polar surface area (TPSA) is 47.7 Å². The van der Waals surface area contributed by atoms with E-state index in [2.05, 4.69) is 16.0 Å². The molecule has 0 aromatic carbocycles. The van der Waals surface area contributed by atoms with Gasteiger partial charge in [0.2, 0.25) is 0 Å². The summed E-state index contributed by atoms with van der Waals surface area (Å²) in [5.74, 6) is 2.56. The second-order valence-corrected chi connectivity index (χ2v) is 7.11. The van der Waals surface area contributed by atoms with Crippen LogP contribution in [0.2, 0.25) is 0 Å². The molecule has 2 aliphatic heterocycles. The Hall–Kier alpha value is -1.69. The van der Waals surface area contributed by atoms with E-state index in [-0.39, 0.29) is 5.41 Å². The molecule has 0 N–H and O–H groups in total. The lowest BCUT2D eigenvalue weighted by atomic mass is 9.82. The standard InChI is InChI=1S/C19H24N2O3/c1-15-4-5-18(24-15)9-21-8-17-11-23-14-19(17,12-21)13-22-10-16-3-2-6-20-7-16/h2-7,17H,8-14H2,1H3/t17-,19-/m0/s1. The number of furan rings is 1. The minimum atomic E-state index is 0.115. The van der Waals surface area contributed by atoms with Crippen LogP contribution in [-0.4, -0.2) is 42.8 Å². The molecular formula is C19H24N2O3. The first-order chi connectivity index (χ1) is 11.7. The van der Waals surface area contributed by atoms with Crippen LogP contribution in [0.5, 0.6) is 0 Å². The molecule has 0 unspecified atom stereocenters. The van der Waals surface area contributed by atoms with E-state index in [9.17, 15) is 0 Å². The van der Waals surface area contributed by atoms with Gasteiger partial charge in [-0.3, -0.25) is 9.88 Å². The van der Waals surface area contributed by atoms with E-state index in [4.69, 9.17) is 13.9 Å². The van der Waals surface area contributed by atoms with E-state index >= 15 is 0 Å². The maximum atomic E-state index is 6.04. The van der Waals surface area contributed by atoms with Crippen molar-refractivity contribution in [1.29, 1.82) is 0 Å². The third kappa shape index (κ3) is 3.24. The van der Waals surface area contributed by atoms with Crippen molar-refractivity contribution in [1.82, 2.24) is 9.88 Å². The number of aromatic nitrogens is 1. The number of pyridine rings is 1. The molecule has 2 atom stereocenters. The second-order valence-electron chi connectivity index (χ2n) is 7.11. The summed E-state index contributed by atoms with van der Waals surface area (Å²) >= 11 is 0. The molecule has 0 saturated carbocycles. The largest absolute Gasteiger partial charge is 0.465 e. The molecule has 2 saturated heterocycles. The molecule has 0 spiro atoms. The van der Waals surface area contributed by atoms with Crippen LogP contribution in [0.1, 0.15) is 17.1 Å². The summed E-state index contributed by atoms with van der Waals surface area (Å²) in [4.78, 5) is 6.61. The molecule has 0 radical (unpaired) electrons. The monoisotopic (exact) mass is 328 g/mol. The van der Waals surface area contributed by atoms with Gasteiger partial charge >= 0.3 is 0 Å². The first-order valence-electron chi connectivity index (χ1n) is 8.56. The van der Waals surface area contributed by atoms with Crippen molar-refractivity contribution >= 4 is 0 Å². The van der Waals surface area contributed by atoms with E-state index in [1.54, 1.807) is 6.20 Å². The Morgan fingerprint density at radius 2 is 2.33 bits per heavy atom. The summed E-state index contributed by atoms with van der Waals surface area (Å²) < 4.78 is 17.5. The zero-order valence-corrected chi connectivity index (χ0v) is 14.1. The van der Waals surface area contributed by atoms with Gasteiger partial charge in [-0.25, -0.2) is 0 Å². The summed E-state index contributed by atoms with van der Waals surface area (Å²) in [5.41, 5.74) is 1.23. The minimum Gasteiger partial charge on any atom is -0.465 e. The summed E-state index contributed by atoms with van der Waals surface area (Å²) in [6.45, 7) is 7.89. The van der Waals surface area contributed by atoms with Crippen LogP contribution in [0.15, 0.2) is 41.1 Å². The second kappa shape index (κ2) is 6.67. The van der Waals surface area contributed by atoms with Gasteiger partial charge < -0.3 is 13.9 Å². The highest BCUT2D eigenvalue weighted by atomic mass is 16.5. The van der Waals surface area contributed by atoms with Crippen molar-refractivity contribution in [2.75, 3.05) is 32.9 Å². The fraction of sp³-hybridized carbons (Fsp3) is 0.526. The highest BCUT2D eigenvalue weighted by Gasteiger charge is 2.50. The Morgan fingerprint density at radius 3 is 3.12 bits per heavy atom. The number of likely N-dealkylation sites (tertiary alicyclic amines) is 1. The molecule has 2 aromatic heterocycles. The molecule has 2 aliphatic rings. The van der Waals surface area contributed by atoms with E-state index in [0.717, 1.165) is 56.5 Å². The van der Waals surface area contributed by atoms with Crippen molar-refractivity contribution in [3.8, 4) is 0 Å². The smallest absolute Gasteiger partial charge is 0.118 e. The van der Waals surface area contributed by atoms with Gasteiger partial charge in [-0.15, -0.1) is 0 Å². The number of nitrogens with zero attached hydrogens (tertiary/aromatic N) is 2. The van der Waals surface area contributed by atoms with Crippen LogP contribution in [0.25, 0.3) is 0 Å². The Kier molecular flexibility index (Phi) is 4.39. The molecule has 24 heavy (non-hydrogen) atoms. The average molecular weight is 328 g/mol. The maximum absolute atomic E-state index is 6.04. The predicted octanol–water partition coefficient (Wildman–Crippen LogP) is 2.65. The lowest BCUT2D eigenvalue weighted by Gasteiger charge is -2.27. The van der Waals surface area contributed by atoms with Crippen molar-refractivity contribution < 1.29 is 13.9 Å². The normalized spacial score (nSPS) is 26.8. The average Bonchev–Trinajstić information content (AvgIpc) is 3.23. The maximum Gasteiger partial charge on any atom is 0.118 e. The first kappa shape index (κ1) is 15.8. The van der Waals surface area contributed by atoms with Crippen LogP contribution in [0.3, 0.4) is 0 Å². The third-order valence-electron chi connectivity index (χ3n) is 5.15. The number of aryl methyl sites for hydroxylation is 1. The molecule has 128 valence electrons. The minimum absolute atomic E-state index is 0.115. The molecule has 0 amide bonds. The number of ether oxygens (including phenoxy) is 2. The zero-order valence-electron chi connectivity index (χ0n) is 14.1. The van der Waals surface area contributed by atoms with Gasteiger partial charge in [0.05, 0.1) is 33.0 Å². The van der Waals surface area contributed by atoms with Crippen molar-refractivity contribution in [2.45, 2.75) is 20.1 Å². The predicted molar refractivity (Wildman–Crippen MR) is 89.4 cm³/mol. The van der Waals surface area contributed by atoms with Crippen LogP contribution >= 0.6 is 0 Å². The molecule has 5 nitrogen and oxygen atoms in total. The lowest BCUT2D eigenvalue weighted by Crippen LogP contribution is -2.35. The lowest BCUT2D eigenvalue weighted by molar-refractivity contribution is 0.0178. The van der Waals surface area contributed by atoms with Gasteiger partial charge in [-0.05, 0) is 30.7 Å². The SMILES string of the molecule is Cc1ccc(CN2C[C@H]3COC[C@@]3(COCc3cccnc3)C2)o1. The highest BCUT2D eigenvalue weighted by molar-refractivity contribution is 5.09. The Morgan fingerprint density at radius 1 is 1.38 bits per heavy atom. The summed E-state index contributed by atoms with van der Waals surface area (Å²) in [7, 11) is 0. The molecule has 2 aromatic rings. The molecule has 4 heterocycles. The van der Waals surface area contributed by atoms with Gasteiger partial charge in [0.15, 0.2) is 0 Å². The molecule has 4 rings (SSSR count). The van der Waals surface area contributed by atoms with Gasteiger partial charge in [-0.2, -0.15) is 0 Å². The van der Waals surface area contributed by atoms with Crippen molar-refractivity contribution in [2.24, 2.45) is 11.3 Å². The Bertz CT molecular complexity index is 672. The quantitative estimate of drug-likeness (QED) is 0.816. The molecule has 0 bridgehead atoms. The van der Waals surface area contributed by atoms with Crippen LogP contribution in [0, 0.1) is 18.3 Å². The van der Waals surface area contributed by atoms with E-state index < -0.39 is 0 Å². The zero-order chi connectivity index (χ0) is 16.4. The fourth-order valence-electron chi connectivity index (χ4n) is 3.91. The molecule has 0 aliphatic carbocycles. The van der Waals surface area contributed by atoms with E-state index in [1.807, 2.05) is 31.3 Å². The van der Waals surface area contributed by atoms with Gasteiger partial charge in [-0.1, -0.05) is 6.07 Å². The number of hydrogen-bond donors (Lipinski definition) is 0. The number of fused-ring (bicyclic) bond motifs is 1. The van der Waals surface area contributed by atoms with Crippen molar-refractivity contribution in [3.05, 3.63) is 53.7 Å². The third-order valence-corrected chi connectivity index (χ3v) is 5.15. The van der Waals surface area contributed by atoms with Gasteiger partial charge in [0.1, 0.15) is 11.5 Å². The fourth-order valence-corrected chi connectivity index (χ4v) is 3.91. The van der Waals surface area contributed by atoms with Crippen LogP contribution in [0.4, 0.5) is 0 Å². The molecule has 5 heteroatoms. The van der Waals surface area contributed by atoms with Crippen molar-refractivity contribution in [3.63, 3.8) is 0 Å². The van der Waals surface area contributed by atoms with E-state index in [1.165, 1.54) is 0 Å². The first-order valence-corrected chi connectivity index (χ1v) is 8.56. The van der Waals surface area contributed by atoms with E-state index in [0.29, 0.717) is 12.5 Å². The number of hydrogen-bond acceptors (Lipinski definition) is 5. The summed E-state index contributed by atoms with van der Waals surface area (Å²) in [5, 5.41) is 0. The molecule has 2 fully saturated rings. The number of rotatable bonds is 6.